The lowest BCUT2D eigenvalue weighted by Gasteiger charge is -2.20. The largest absolute Gasteiger partial charge is 0.413 e. The SMILES string of the molecule is [B]C([B])([B])c1cc(-c2cncc(F)c2)cc(-c2nnc(-c3ccc(F)cn3)o2)n1. The normalized spacial score (nSPS) is 11.5. The van der Waals surface area contributed by atoms with Crippen LogP contribution in [0.1, 0.15) is 5.69 Å². The van der Waals surface area contributed by atoms with Crippen molar-refractivity contribution in [1.82, 2.24) is 25.1 Å². The van der Waals surface area contributed by atoms with E-state index in [0.717, 1.165) is 12.4 Å². The summed E-state index contributed by atoms with van der Waals surface area (Å²) in [7, 11) is 17.3. The molecule has 0 saturated carbocycles. The Morgan fingerprint density at radius 2 is 1.55 bits per heavy atom. The minimum Gasteiger partial charge on any atom is -0.413 e. The minimum atomic E-state index is -1.77. The lowest BCUT2D eigenvalue weighted by molar-refractivity contribution is 0.577. The van der Waals surface area contributed by atoms with Gasteiger partial charge in [0.15, 0.2) is 0 Å². The Morgan fingerprint density at radius 1 is 0.793 bits per heavy atom. The molecule has 0 aliphatic rings. The van der Waals surface area contributed by atoms with Crippen LogP contribution in [0.2, 0.25) is 0 Å². The van der Waals surface area contributed by atoms with Crippen molar-refractivity contribution in [3.05, 3.63) is 66.3 Å². The summed E-state index contributed by atoms with van der Waals surface area (Å²) >= 11 is 0. The molecule has 0 amide bonds. The molecule has 0 spiro atoms. The molecule has 0 fully saturated rings. The summed E-state index contributed by atoms with van der Waals surface area (Å²) in [6.45, 7) is 0. The lowest BCUT2D eigenvalue weighted by atomic mass is 9.41. The maximum atomic E-state index is 13.6. The Hall–Kier alpha value is -3.36. The fourth-order valence-electron chi connectivity index (χ4n) is 2.53. The van der Waals surface area contributed by atoms with Gasteiger partial charge in [-0.2, -0.15) is 0 Å². The van der Waals surface area contributed by atoms with Gasteiger partial charge >= 0.3 is 0 Å². The highest BCUT2D eigenvalue weighted by Crippen LogP contribution is 2.29. The molecule has 6 radical (unpaired) electrons. The van der Waals surface area contributed by atoms with Crippen LogP contribution in [0.15, 0.2) is 53.3 Å². The average Bonchev–Trinajstić information content (AvgIpc) is 3.18. The second kappa shape index (κ2) is 7.23. The molecule has 0 aliphatic carbocycles. The van der Waals surface area contributed by atoms with Gasteiger partial charge in [-0.1, -0.05) is 5.11 Å². The Labute approximate surface area is 168 Å². The van der Waals surface area contributed by atoms with Gasteiger partial charge in [0.2, 0.25) is 0 Å². The fraction of sp³-hybridized carbons (Fsp3) is 0.0556. The van der Waals surface area contributed by atoms with Gasteiger partial charge in [0.1, 0.15) is 23.0 Å². The first-order valence-electron chi connectivity index (χ1n) is 8.25. The molecule has 4 aromatic rings. The fourth-order valence-corrected chi connectivity index (χ4v) is 2.53. The van der Waals surface area contributed by atoms with E-state index in [1.807, 2.05) is 0 Å². The van der Waals surface area contributed by atoms with Gasteiger partial charge in [-0.25, -0.2) is 18.7 Å². The van der Waals surface area contributed by atoms with Crippen LogP contribution in [0.25, 0.3) is 34.3 Å². The summed E-state index contributed by atoms with van der Waals surface area (Å²) in [5.74, 6) is -0.950. The zero-order valence-corrected chi connectivity index (χ0v) is 14.8. The highest BCUT2D eigenvalue weighted by molar-refractivity contribution is 6.58. The minimum absolute atomic E-state index is 0.0165. The van der Waals surface area contributed by atoms with Crippen molar-refractivity contribution < 1.29 is 13.2 Å². The summed E-state index contributed by atoms with van der Waals surface area (Å²) < 4.78 is 32.3. The summed E-state index contributed by atoms with van der Waals surface area (Å²) in [6.07, 6.45) is 3.56. The monoisotopic (exact) mass is 381 g/mol. The van der Waals surface area contributed by atoms with Gasteiger partial charge in [-0.15, -0.1) is 10.2 Å². The molecule has 6 nitrogen and oxygen atoms in total. The van der Waals surface area contributed by atoms with E-state index in [2.05, 4.69) is 25.1 Å². The molecule has 0 bridgehead atoms. The number of halogens is 2. The Balaban J connectivity index is 1.81. The van der Waals surface area contributed by atoms with Crippen LogP contribution in [0, 0.1) is 11.6 Å². The molecule has 0 atom stereocenters. The number of pyridine rings is 3. The first-order valence-corrected chi connectivity index (χ1v) is 8.25. The van der Waals surface area contributed by atoms with Crippen LogP contribution in [-0.4, -0.2) is 48.7 Å². The van der Waals surface area contributed by atoms with E-state index in [0.29, 0.717) is 11.1 Å². The van der Waals surface area contributed by atoms with Crippen molar-refractivity contribution in [2.45, 2.75) is 5.11 Å². The van der Waals surface area contributed by atoms with Gasteiger partial charge in [0.25, 0.3) is 11.8 Å². The van der Waals surface area contributed by atoms with Crippen molar-refractivity contribution in [1.29, 1.82) is 0 Å². The molecule has 134 valence electrons. The quantitative estimate of drug-likeness (QED) is 0.505. The maximum absolute atomic E-state index is 13.6. The standard InChI is InChI=1S/C18H8B3F2N5O/c19-18(20,21)15-5-9(10-3-12(23)7-24-6-10)4-14(26-15)17-28-27-16(29-17)13-2-1-11(22)8-25-13/h1-8H. The smallest absolute Gasteiger partial charge is 0.266 e. The number of rotatable bonds is 4. The average molecular weight is 381 g/mol. The predicted molar refractivity (Wildman–Crippen MR) is 103 cm³/mol. The first-order chi connectivity index (χ1) is 13.8. The zero-order chi connectivity index (χ0) is 20.6. The highest BCUT2D eigenvalue weighted by atomic mass is 19.1. The lowest BCUT2D eigenvalue weighted by Crippen LogP contribution is -2.28. The van der Waals surface area contributed by atoms with Crippen LogP contribution < -0.4 is 0 Å². The van der Waals surface area contributed by atoms with Crippen LogP contribution in [0.3, 0.4) is 0 Å². The Kier molecular flexibility index (Phi) is 4.73. The molecule has 11 heteroatoms. The summed E-state index contributed by atoms with van der Waals surface area (Å²) in [4.78, 5) is 12.0. The molecular weight excluding hydrogens is 373 g/mol. The van der Waals surface area contributed by atoms with Gasteiger partial charge in [0.05, 0.1) is 35.9 Å². The van der Waals surface area contributed by atoms with Crippen molar-refractivity contribution in [2.75, 3.05) is 0 Å². The molecule has 29 heavy (non-hydrogen) atoms. The number of hydrogen-bond donors (Lipinski definition) is 0. The molecule has 4 heterocycles. The van der Waals surface area contributed by atoms with E-state index < -0.39 is 16.7 Å². The van der Waals surface area contributed by atoms with E-state index >= 15 is 0 Å². The zero-order valence-electron chi connectivity index (χ0n) is 14.8. The molecule has 4 rings (SSSR count). The van der Waals surface area contributed by atoms with Crippen LogP contribution >= 0.6 is 0 Å². The van der Waals surface area contributed by atoms with Crippen LogP contribution in [-0.2, 0) is 5.11 Å². The van der Waals surface area contributed by atoms with E-state index in [1.54, 1.807) is 6.07 Å². The van der Waals surface area contributed by atoms with Crippen molar-refractivity contribution >= 4 is 23.5 Å². The third kappa shape index (κ3) is 4.08. The number of nitrogens with zero attached hydrogens (tertiary/aromatic N) is 5. The summed E-state index contributed by atoms with van der Waals surface area (Å²) in [5.41, 5.74) is 1.52. The number of aromatic nitrogens is 5. The van der Waals surface area contributed by atoms with Crippen molar-refractivity contribution in [3.63, 3.8) is 0 Å². The second-order valence-corrected chi connectivity index (χ2v) is 6.23. The summed E-state index contributed by atoms with van der Waals surface area (Å²) in [6, 6.07) is 6.97. The maximum Gasteiger partial charge on any atom is 0.266 e. The Morgan fingerprint density at radius 3 is 2.21 bits per heavy atom. The Bertz CT molecular complexity index is 1180. The topological polar surface area (TPSA) is 77.6 Å². The second-order valence-electron chi connectivity index (χ2n) is 6.23. The third-order valence-electron chi connectivity index (χ3n) is 3.90. The molecule has 0 saturated heterocycles. The summed E-state index contributed by atoms with van der Waals surface area (Å²) in [5, 5.41) is 6.06. The third-order valence-corrected chi connectivity index (χ3v) is 3.90. The van der Waals surface area contributed by atoms with E-state index in [9.17, 15) is 8.78 Å². The van der Waals surface area contributed by atoms with Crippen molar-refractivity contribution in [2.24, 2.45) is 0 Å². The van der Waals surface area contributed by atoms with Gasteiger partial charge < -0.3 is 4.42 Å². The molecule has 0 N–H and O–H groups in total. The van der Waals surface area contributed by atoms with E-state index in [-0.39, 0.29) is 28.9 Å². The van der Waals surface area contributed by atoms with Crippen LogP contribution in [0.5, 0.6) is 0 Å². The van der Waals surface area contributed by atoms with Crippen molar-refractivity contribution in [3.8, 4) is 34.3 Å². The predicted octanol–water partition coefficient (Wildman–Crippen LogP) is 2.15. The molecular formula is C18H8B3F2N5O. The number of hydrogen-bond acceptors (Lipinski definition) is 6. The van der Waals surface area contributed by atoms with Gasteiger partial charge in [-0.05, 0) is 35.9 Å². The molecule has 0 aromatic carbocycles. The van der Waals surface area contributed by atoms with Gasteiger partial charge in [0, 0.05) is 17.5 Å². The highest BCUT2D eigenvalue weighted by Gasteiger charge is 2.20. The van der Waals surface area contributed by atoms with E-state index in [4.69, 9.17) is 28.0 Å². The van der Waals surface area contributed by atoms with Gasteiger partial charge in [-0.3, -0.25) is 4.98 Å². The van der Waals surface area contributed by atoms with Crippen LogP contribution in [0.4, 0.5) is 8.78 Å². The first kappa shape index (κ1) is 19.0. The molecule has 0 aliphatic heterocycles. The molecule has 0 unspecified atom stereocenters. The molecule has 4 aromatic heterocycles. The van der Waals surface area contributed by atoms with E-state index in [1.165, 1.54) is 30.5 Å².